The molecule has 0 spiro atoms. The summed E-state index contributed by atoms with van der Waals surface area (Å²) in [5.74, 6) is -2.47. The number of hydrogen-bond acceptors (Lipinski definition) is 7. The molecular weight excluding hydrogens is 494 g/mol. The Morgan fingerprint density at radius 3 is 1.65 bits per heavy atom. The fourth-order valence-corrected chi connectivity index (χ4v) is 5.45. The molecule has 0 saturated carbocycles. The molecule has 34 heavy (non-hydrogen) atoms. The molecule has 0 aliphatic heterocycles. The molecule has 13 heteroatoms. The second kappa shape index (κ2) is 9.73. The third-order valence-corrected chi connectivity index (χ3v) is 7.32. The molecule has 0 atom stereocenters. The minimum Gasteiger partial charge on any atom is -0.495 e. The van der Waals surface area contributed by atoms with E-state index in [9.17, 15) is 25.6 Å². The van der Waals surface area contributed by atoms with Gasteiger partial charge in [0.25, 0.3) is 20.0 Å². The molecule has 0 bridgehead atoms. The average molecular weight is 515 g/mol. The number of sulfonamides is 2. The normalized spacial score (nSPS) is 11.6. The Labute approximate surface area is 195 Å². The maximum absolute atomic E-state index is 14.0. The van der Waals surface area contributed by atoms with Crippen molar-refractivity contribution in [3.05, 3.63) is 66.2 Å². The Bertz CT molecular complexity index is 1430. The van der Waals surface area contributed by atoms with Crippen LogP contribution < -0.4 is 23.7 Å². The Kier molecular flexibility index (Phi) is 7.17. The summed E-state index contributed by atoms with van der Waals surface area (Å²) in [7, 11) is -5.35. The molecule has 0 aromatic heterocycles. The van der Waals surface area contributed by atoms with Gasteiger partial charge in [-0.1, -0.05) is 12.1 Å². The zero-order valence-corrected chi connectivity index (χ0v) is 19.8. The molecule has 2 N–H and O–H groups in total. The summed E-state index contributed by atoms with van der Waals surface area (Å²) in [5, 5.41) is 0. The van der Waals surface area contributed by atoms with Crippen molar-refractivity contribution in [2.45, 2.75) is 9.79 Å². The molecule has 0 radical (unpaired) electrons. The van der Waals surface area contributed by atoms with Gasteiger partial charge in [0.1, 0.15) is 10.6 Å². The van der Waals surface area contributed by atoms with E-state index in [0.29, 0.717) is 0 Å². The average Bonchev–Trinajstić information content (AvgIpc) is 2.78. The van der Waals surface area contributed by atoms with Crippen LogP contribution in [-0.2, 0) is 20.0 Å². The van der Waals surface area contributed by atoms with Crippen molar-refractivity contribution in [1.82, 2.24) is 0 Å². The maximum atomic E-state index is 14.0. The van der Waals surface area contributed by atoms with E-state index in [0.717, 1.165) is 37.4 Å². The van der Waals surface area contributed by atoms with E-state index in [2.05, 4.69) is 9.44 Å². The first-order valence-electron chi connectivity index (χ1n) is 9.42. The number of halogens is 2. The largest absolute Gasteiger partial charge is 0.495 e. The van der Waals surface area contributed by atoms with Gasteiger partial charge in [0.15, 0.2) is 23.1 Å². The van der Waals surface area contributed by atoms with E-state index >= 15 is 0 Å². The number of ether oxygens (including phenoxy) is 3. The van der Waals surface area contributed by atoms with Crippen LogP contribution in [-0.4, -0.2) is 38.2 Å². The quantitative estimate of drug-likeness (QED) is 0.448. The van der Waals surface area contributed by atoms with Crippen molar-refractivity contribution >= 4 is 31.4 Å². The van der Waals surface area contributed by atoms with Crippen LogP contribution in [0.1, 0.15) is 0 Å². The highest BCUT2D eigenvalue weighted by Crippen LogP contribution is 2.34. The zero-order chi connectivity index (χ0) is 25.1. The number of para-hydroxylation sites is 2. The van der Waals surface area contributed by atoms with Crippen LogP contribution in [0.5, 0.6) is 17.2 Å². The number of rotatable bonds is 9. The molecule has 0 heterocycles. The highest BCUT2D eigenvalue weighted by atomic mass is 32.2. The van der Waals surface area contributed by atoms with Crippen LogP contribution in [0, 0.1) is 11.6 Å². The summed E-state index contributed by atoms with van der Waals surface area (Å²) >= 11 is 0. The number of nitrogens with one attached hydrogen (secondary N) is 2. The van der Waals surface area contributed by atoms with Crippen LogP contribution in [0.2, 0.25) is 0 Å². The summed E-state index contributed by atoms with van der Waals surface area (Å²) in [4.78, 5) is -1.01. The summed E-state index contributed by atoms with van der Waals surface area (Å²) in [6.07, 6.45) is 0. The maximum Gasteiger partial charge on any atom is 0.265 e. The highest BCUT2D eigenvalue weighted by molar-refractivity contribution is 7.93. The van der Waals surface area contributed by atoms with Crippen LogP contribution in [0.3, 0.4) is 0 Å². The predicted molar refractivity (Wildman–Crippen MR) is 121 cm³/mol. The van der Waals surface area contributed by atoms with Gasteiger partial charge < -0.3 is 14.2 Å². The van der Waals surface area contributed by atoms with Crippen molar-refractivity contribution in [1.29, 1.82) is 0 Å². The van der Waals surface area contributed by atoms with E-state index in [-0.39, 0.29) is 28.6 Å². The molecular formula is C21H20F2N2O7S2. The Morgan fingerprint density at radius 1 is 0.676 bits per heavy atom. The second-order valence-corrected chi connectivity index (χ2v) is 10.00. The molecule has 0 unspecified atom stereocenters. The van der Waals surface area contributed by atoms with Crippen molar-refractivity contribution in [2.24, 2.45) is 0 Å². The van der Waals surface area contributed by atoms with Gasteiger partial charge in [-0.05, 0) is 42.5 Å². The number of anilines is 2. The Morgan fingerprint density at radius 2 is 1.18 bits per heavy atom. The van der Waals surface area contributed by atoms with Crippen LogP contribution in [0.4, 0.5) is 20.2 Å². The number of benzene rings is 3. The molecule has 0 aliphatic rings. The summed E-state index contributed by atoms with van der Waals surface area (Å²) < 4.78 is 99.2. The lowest BCUT2D eigenvalue weighted by molar-refractivity contribution is 0.388. The second-order valence-electron chi connectivity index (χ2n) is 6.66. The molecule has 3 rings (SSSR count). The van der Waals surface area contributed by atoms with Crippen molar-refractivity contribution in [2.75, 3.05) is 30.8 Å². The Hall–Kier alpha value is -3.58. The smallest absolute Gasteiger partial charge is 0.265 e. The summed E-state index contributed by atoms with van der Waals surface area (Å²) in [6.45, 7) is 0. The van der Waals surface area contributed by atoms with Crippen molar-refractivity contribution in [3.63, 3.8) is 0 Å². The van der Waals surface area contributed by atoms with Gasteiger partial charge in [0, 0.05) is 0 Å². The van der Waals surface area contributed by atoms with Crippen LogP contribution in [0.25, 0.3) is 0 Å². The lowest BCUT2D eigenvalue weighted by atomic mass is 10.3. The minimum atomic E-state index is -4.48. The predicted octanol–water partition coefficient (Wildman–Crippen LogP) is 3.59. The van der Waals surface area contributed by atoms with Gasteiger partial charge in [-0.3, -0.25) is 9.44 Å². The molecule has 0 saturated heterocycles. The Balaban J connectivity index is 2.05. The minimum absolute atomic E-state index is 0.176. The topological polar surface area (TPSA) is 120 Å². The number of hydrogen-bond donors (Lipinski definition) is 2. The van der Waals surface area contributed by atoms with Gasteiger partial charge in [-0.2, -0.15) is 0 Å². The standard InChI is InChI=1S/C21H20F2N2O7S2/c1-30-18-11-10-13(33(26,27)24-16-8-4-6-14(22)20(16)31-2)12-19(18)34(28,29)25-17-9-5-7-15(23)21(17)32-3/h4-12,24-25H,1-3H3. The molecule has 9 nitrogen and oxygen atoms in total. The molecule has 3 aromatic rings. The zero-order valence-electron chi connectivity index (χ0n) is 18.1. The summed E-state index contributed by atoms with van der Waals surface area (Å²) in [5.41, 5.74) is -0.397. The van der Waals surface area contributed by atoms with E-state index < -0.39 is 41.5 Å². The highest BCUT2D eigenvalue weighted by Gasteiger charge is 2.26. The lowest BCUT2D eigenvalue weighted by Gasteiger charge is -2.16. The first-order chi connectivity index (χ1) is 16.0. The van der Waals surface area contributed by atoms with Gasteiger partial charge in [-0.15, -0.1) is 0 Å². The van der Waals surface area contributed by atoms with Crippen molar-refractivity contribution < 1.29 is 39.8 Å². The SMILES string of the molecule is COc1ccc(S(=O)(=O)Nc2cccc(F)c2OC)cc1S(=O)(=O)Nc1cccc(F)c1OC. The fraction of sp³-hybridized carbons (Fsp3) is 0.143. The van der Waals surface area contributed by atoms with Crippen molar-refractivity contribution in [3.8, 4) is 17.2 Å². The molecule has 0 aliphatic carbocycles. The van der Waals surface area contributed by atoms with Gasteiger partial charge in [0.05, 0.1) is 37.6 Å². The first kappa shape index (κ1) is 25.1. The molecule has 0 amide bonds. The van der Waals surface area contributed by atoms with E-state index in [4.69, 9.17) is 14.2 Å². The number of methoxy groups -OCH3 is 3. The lowest BCUT2D eigenvalue weighted by Crippen LogP contribution is -2.18. The molecule has 182 valence electrons. The first-order valence-corrected chi connectivity index (χ1v) is 12.4. The molecule has 3 aromatic carbocycles. The van der Waals surface area contributed by atoms with Crippen LogP contribution in [0.15, 0.2) is 64.4 Å². The third-order valence-electron chi connectivity index (χ3n) is 4.57. The third kappa shape index (κ3) is 4.99. The fourth-order valence-electron chi connectivity index (χ4n) is 3.03. The monoisotopic (exact) mass is 514 g/mol. The van der Waals surface area contributed by atoms with E-state index in [1.807, 2.05) is 0 Å². The molecule has 0 fully saturated rings. The summed E-state index contributed by atoms with van der Waals surface area (Å²) in [6, 6.07) is 10.3. The van der Waals surface area contributed by atoms with E-state index in [1.165, 1.54) is 38.5 Å². The van der Waals surface area contributed by atoms with Crippen LogP contribution >= 0.6 is 0 Å². The van der Waals surface area contributed by atoms with E-state index in [1.54, 1.807) is 0 Å². The van der Waals surface area contributed by atoms with Gasteiger partial charge >= 0.3 is 0 Å². The van der Waals surface area contributed by atoms with Gasteiger partial charge in [-0.25, -0.2) is 25.6 Å². The van der Waals surface area contributed by atoms with Gasteiger partial charge in [0.2, 0.25) is 0 Å².